The molecule has 6 nitrogen and oxygen atoms in total. The summed E-state index contributed by atoms with van der Waals surface area (Å²) < 4.78 is 0. The van der Waals surface area contributed by atoms with Gasteiger partial charge < -0.3 is 4.98 Å². The van der Waals surface area contributed by atoms with E-state index in [1.165, 1.54) is 34.2 Å². The SMILES string of the molecule is CC(C)c1ccc(/C=N/NC(=O)CSc2nc3scc(-c4ccc(C(C)C)cc4)c3c(=O)[nH]2)cc1. The number of hydrogen-bond donors (Lipinski definition) is 2. The van der Waals surface area contributed by atoms with Crippen LogP contribution in [0.5, 0.6) is 0 Å². The highest BCUT2D eigenvalue weighted by atomic mass is 32.2. The number of carbonyl (C=O) groups excluding carboxylic acids is 1. The Labute approximate surface area is 212 Å². The number of rotatable bonds is 8. The lowest BCUT2D eigenvalue weighted by molar-refractivity contribution is -0.118. The molecule has 0 aliphatic heterocycles. The van der Waals surface area contributed by atoms with E-state index in [2.05, 4.69) is 72.5 Å². The summed E-state index contributed by atoms with van der Waals surface area (Å²) in [6.07, 6.45) is 1.61. The molecule has 2 heterocycles. The molecule has 0 saturated carbocycles. The average molecular weight is 505 g/mol. The quantitative estimate of drug-likeness (QED) is 0.131. The van der Waals surface area contributed by atoms with Gasteiger partial charge >= 0.3 is 0 Å². The molecule has 2 aromatic carbocycles. The van der Waals surface area contributed by atoms with Gasteiger partial charge in [0.15, 0.2) is 5.16 Å². The number of carbonyl (C=O) groups is 1. The fourth-order valence-corrected chi connectivity index (χ4v) is 5.23. The first-order valence-corrected chi connectivity index (χ1v) is 13.3. The zero-order valence-corrected chi connectivity index (χ0v) is 21.8. The summed E-state index contributed by atoms with van der Waals surface area (Å²) in [7, 11) is 0. The van der Waals surface area contributed by atoms with Crippen molar-refractivity contribution in [3.63, 3.8) is 0 Å². The summed E-state index contributed by atoms with van der Waals surface area (Å²) in [6, 6.07) is 16.3. The molecule has 0 aliphatic rings. The molecule has 4 aromatic rings. The first kappa shape index (κ1) is 24.9. The Balaban J connectivity index is 1.39. The number of amides is 1. The minimum absolute atomic E-state index is 0.0902. The van der Waals surface area contributed by atoms with Crippen molar-refractivity contribution in [2.45, 2.75) is 44.7 Å². The van der Waals surface area contributed by atoms with Crippen molar-refractivity contribution in [2.24, 2.45) is 5.10 Å². The molecule has 0 fully saturated rings. The third-order valence-corrected chi connectivity index (χ3v) is 7.40. The van der Waals surface area contributed by atoms with E-state index in [4.69, 9.17) is 0 Å². The minimum Gasteiger partial charge on any atom is -0.301 e. The summed E-state index contributed by atoms with van der Waals surface area (Å²) in [5, 5.41) is 6.97. The van der Waals surface area contributed by atoms with Crippen molar-refractivity contribution in [3.05, 3.63) is 81.0 Å². The van der Waals surface area contributed by atoms with Gasteiger partial charge in [-0.3, -0.25) is 9.59 Å². The van der Waals surface area contributed by atoms with Gasteiger partial charge in [0.05, 0.1) is 17.4 Å². The van der Waals surface area contributed by atoms with Gasteiger partial charge in [0, 0.05) is 10.9 Å². The normalized spacial score (nSPS) is 11.7. The second-order valence-corrected chi connectivity index (χ2v) is 10.7. The highest BCUT2D eigenvalue weighted by Crippen LogP contribution is 2.32. The molecule has 0 bridgehead atoms. The monoisotopic (exact) mass is 504 g/mol. The van der Waals surface area contributed by atoms with Gasteiger partial charge in [0.2, 0.25) is 0 Å². The number of aromatic nitrogens is 2. The number of hydrogen-bond acceptors (Lipinski definition) is 6. The van der Waals surface area contributed by atoms with E-state index < -0.39 is 0 Å². The largest absolute Gasteiger partial charge is 0.301 e. The van der Waals surface area contributed by atoms with Crippen LogP contribution in [-0.2, 0) is 4.79 Å². The van der Waals surface area contributed by atoms with Crippen LogP contribution in [0.2, 0.25) is 0 Å². The standard InChI is InChI=1S/C27H28N4O2S2/c1-16(2)19-7-5-18(6-8-19)13-28-31-23(32)15-35-27-29-25(33)24-22(14-34-26(24)30-27)21-11-9-20(10-12-21)17(3)4/h5-14,16-17H,15H2,1-4H3,(H,31,32)(H,29,30,33)/b28-13+. The minimum atomic E-state index is -0.273. The number of benzene rings is 2. The van der Waals surface area contributed by atoms with E-state index in [0.717, 1.165) is 16.7 Å². The molecule has 2 N–H and O–H groups in total. The topological polar surface area (TPSA) is 87.2 Å². The zero-order chi connectivity index (χ0) is 24.9. The van der Waals surface area contributed by atoms with Crippen molar-refractivity contribution in [3.8, 4) is 11.1 Å². The Bertz CT molecular complexity index is 1400. The van der Waals surface area contributed by atoms with Crippen LogP contribution in [0.15, 0.2) is 69.0 Å². The molecular weight excluding hydrogens is 476 g/mol. The molecule has 180 valence electrons. The number of thiophene rings is 1. The molecule has 0 atom stereocenters. The summed E-state index contributed by atoms with van der Waals surface area (Å²) in [4.78, 5) is 33.1. The highest BCUT2D eigenvalue weighted by Gasteiger charge is 2.14. The predicted molar refractivity (Wildman–Crippen MR) is 147 cm³/mol. The van der Waals surface area contributed by atoms with Gasteiger partial charge in [0.25, 0.3) is 11.5 Å². The van der Waals surface area contributed by atoms with Crippen molar-refractivity contribution in [1.82, 2.24) is 15.4 Å². The van der Waals surface area contributed by atoms with Crippen molar-refractivity contribution < 1.29 is 4.79 Å². The Morgan fingerprint density at radius 1 is 1.06 bits per heavy atom. The van der Waals surface area contributed by atoms with E-state index in [9.17, 15) is 9.59 Å². The molecule has 8 heteroatoms. The van der Waals surface area contributed by atoms with E-state index in [-0.39, 0.29) is 17.2 Å². The maximum absolute atomic E-state index is 12.8. The zero-order valence-electron chi connectivity index (χ0n) is 20.2. The summed E-state index contributed by atoms with van der Waals surface area (Å²) >= 11 is 2.60. The van der Waals surface area contributed by atoms with Crippen molar-refractivity contribution >= 4 is 45.4 Å². The van der Waals surface area contributed by atoms with Crippen LogP contribution in [0.4, 0.5) is 0 Å². The van der Waals surface area contributed by atoms with Crippen LogP contribution >= 0.6 is 23.1 Å². The van der Waals surface area contributed by atoms with Crippen LogP contribution in [0.25, 0.3) is 21.3 Å². The maximum atomic E-state index is 12.8. The van der Waals surface area contributed by atoms with E-state index in [0.29, 0.717) is 27.2 Å². The van der Waals surface area contributed by atoms with E-state index in [1.807, 2.05) is 29.6 Å². The Morgan fingerprint density at radius 3 is 2.31 bits per heavy atom. The van der Waals surface area contributed by atoms with Gasteiger partial charge in [-0.1, -0.05) is 88.0 Å². The molecule has 0 radical (unpaired) electrons. The number of hydrazone groups is 1. The fraction of sp³-hybridized carbons (Fsp3) is 0.259. The molecule has 1 amide bonds. The summed E-state index contributed by atoms with van der Waals surface area (Å²) in [5.41, 5.74) is 7.60. The maximum Gasteiger partial charge on any atom is 0.260 e. The lowest BCUT2D eigenvalue weighted by Crippen LogP contribution is -2.20. The van der Waals surface area contributed by atoms with Crippen LogP contribution in [-0.4, -0.2) is 27.8 Å². The average Bonchev–Trinajstić information content (AvgIpc) is 3.28. The third-order valence-electron chi connectivity index (χ3n) is 5.66. The van der Waals surface area contributed by atoms with Crippen LogP contribution < -0.4 is 11.0 Å². The van der Waals surface area contributed by atoms with Gasteiger partial charge in [-0.2, -0.15) is 5.10 Å². The molecule has 0 spiro atoms. The van der Waals surface area contributed by atoms with Gasteiger partial charge in [-0.15, -0.1) is 11.3 Å². The van der Waals surface area contributed by atoms with Crippen molar-refractivity contribution in [2.75, 3.05) is 5.75 Å². The first-order valence-electron chi connectivity index (χ1n) is 11.5. The Morgan fingerprint density at radius 2 is 1.69 bits per heavy atom. The van der Waals surface area contributed by atoms with Crippen LogP contribution in [0.1, 0.15) is 56.2 Å². The number of aromatic amines is 1. The molecule has 4 rings (SSSR count). The summed E-state index contributed by atoms with van der Waals surface area (Å²) in [6.45, 7) is 8.59. The predicted octanol–water partition coefficient (Wildman–Crippen LogP) is 6.14. The second kappa shape index (κ2) is 11.0. The summed E-state index contributed by atoms with van der Waals surface area (Å²) in [5.74, 6) is 0.735. The first-order chi connectivity index (χ1) is 16.8. The van der Waals surface area contributed by atoms with Gasteiger partial charge in [-0.05, 0) is 34.1 Å². The highest BCUT2D eigenvalue weighted by molar-refractivity contribution is 7.99. The lowest BCUT2D eigenvalue weighted by atomic mass is 9.99. The molecule has 0 aliphatic carbocycles. The van der Waals surface area contributed by atoms with Gasteiger partial charge in [-0.25, -0.2) is 10.4 Å². The second-order valence-electron chi connectivity index (χ2n) is 8.88. The fourth-order valence-electron chi connectivity index (χ4n) is 3.57. The third kappa shape index (κ3) is 6.07. The number of nitrogens with zero attached hydrogens (tertiary/aromatic N) is 2. The van der Waals surface area contributed by atoms with E-state index >= 15 is 0 Å². The van der Waals surface area contributed by atoms with Crippen LogP contribution in [0, 0.1) is 0 Å². The smallest absolute Gasteiger partial charge is 0.260 e. The molecule has 35 heavy (non-hydrogen) atoms. The Kier molecular flexibility index (Phi) is 7.83. The van der Waals surface area contributed by atoms with Crippen LogP contribution in [0.3, 0.4) is 0 Å². The molecule has 2 aromatic heterocycles. The molecular formula is C27H28N4O2S2. The number of nitrogens with one attached hydrogen (secondary N) is 2. The van der Waals surface area contributed by atoms with Crippen molar-refractivity contribution in [1.29, 1.82) is 0 Å². The van der Waals surface area contributed by atoms with Gasteiger partial charge in [0.1, 0.15) is 4.83 Å². The number of H-pyrrole nitrogens is 1. The Hall–Kier alpha value is -3.23. The molecule has 0 saturated heterocycles. The molecule has 0 unspecified atom stereocenters. The number of thioether (sulfide) groups is 1. The van der Waals surface area contributed by atoms with E-state index in [1.54, 1.807) is 6.21 Å². The lowest BCUT2D eigenvalue weighted by Gasteiger charge is -2.06. The number of fused-ring (bicyclic) bond motifs is 1.